The molecule has 66 valence electrons. The van der Waals surface area contributed by atoms with Crippen molar-refractivity contribution in [3.63, 3.8) is 0 Å². The molecule has 0 bridgehead atoms. The minimum Gasteiger partial charge on any atom is -0.502 e. The van der Waals surface area contributed by atoms with Gasteiger partial charge in [-0.2, -0.15) is 0 Å². The van der Waals surface area contributed by atoms with Crippen LogP contribution in [0.4, 0.5) is 0 Å². The summed E-state index contributed by atoms with van der Waals surface area (Å²) >= 11 is 0. The van der Waals surface area contributed by atoms with Crippen LogP contribution in [0.15, 0.2) is 24.0 Å². The average Bonchev–Trinajstić information content (AvgIpc) is 1.97. The molecule has 0 atom stereocenters. The first-order valence-corrected chi connectivity index (χ1v) is 3.05. The molecule has 3 N–H and O–H groups in total. The number of allylic oxidation sites excluding steroid dienone is 2. The molecule has 0 amide bonds. The zero-order valence-corrected chi connectivity index (χ0v) is 6.10. The van der Waals surface area contributed by atoms with Crippen LogP contribution in [0.3, 0.4) is 0 Å². The lowest BCUT2D eigenvalue weighted by Crippen LogP contribution is -1.97. The molecule has 5 nitrogen and oxygen atoms in total. The van der Waals surface area contributed by atoms with Gasteiger partial charge in [-0.15, -0.1) is 0 Å². The number of aliphatic carboxylic acids is 2. The van der Waals surface area contributed by atoms with Gasteiger partial charge in [0.2, 0.25) is 5.76 Å². The molecular weight excluding hydrogens is 164 g/mol. The summed E-state index contributed by atoms with van der Waals surface area (Å²) in [7, 11) is 0. The minimum absolute atomic E-state index is 0.205. The monoisotopic (exact) mass is 172 g/mol. The van der Waals surface area contributed by atoms with Crippen molar-refractivity contribution >= 4 is 11.9 Å². The molecule has 0 aromatic carbocycles. The van der Waals surface area contributed by atoms with Crippen molar-refractivity contribution in [2.24, 2.45) is 0 Å². The smallest absolute Gasteiger partial charge is 0.370 e. The van der Waals surface area contributed by atoms with Crippen molar-refractivity contribution in [1.82, 2.24) is 0 Å². The second-order valence-electron chi connectivity index (χ2n) is 1.88. The maximum Gasteiger partial charge on any atom is 0.370 e. The summed E-state index contributed by atoms with van der Waals surface area (Å²) in [5.41, 5.74) is 0. The Kier molecular flexibility index (Phi) is 4.21. The van der Waals surface area contributed by atoms with E-state index >= 15 is 0 Å². The van der Waals surface area contributed by atoms with Crippen LogP contribution in [0, 0.1) is 0 Å². The van der Waals surface area contributed by atoms with Crippen LogP contribution in [0.25, 0.3) is 0 Å². The fourth-order valence-corrected chi connectivity index (χ4v) is 0.399. The van der Waals surface area contributed by atoms with E-state index in [1.807, 2.05) is 0 Å². The number of carboxylic acid groups (broad SMARTS) is 2. The van der Waals surface area contributed by atoms with E-state index in [4.69, 9.17) is 15.3 Å². The molecule has 0 aliphatic rings. The van der Waals surface area contributed by atoms with Gasteiger partial charge in [0.15, 0.2) is 0 Å². The van der Waals surface area contributed by atoms with Gasteiger partial charge in [-0.05, 0) is 6.08 Å². The Morgan fingerprint density at radius 1 is 1.17 bits per heavy atom. The molecule has 12 heavy (non-hydrogen) atoms. The maximum absolute atomic E-state index is 9.96. The summed E-state index contributed by atoms with van der Waals surface area (Å²) in [4.78, 5) is 19.9. The average molecular weight is 172 g/mol. The van der Waals surface area contributed by atoms with Gasteiger partial charge in [-0.1, -0.05) is 12.2 Å². The number of aliphatic hydroxyl groups is 1. The molecule has 0 aromatic heterocycles. The molecule has 0 unspecified atom stereocenters. The largest absolute Gasteiger partial charge is 0.502 e. The van der Waals surface area contributed by atoms with Crippen LogP contribution in [-0.4, -0.2) is 27.3 Å². The predicted molar refractivity (Wildman–Crippen MR) is 39.7 cm³/mol. The first kappa shape index (κ1) is 10.2. The normalized spacial score (nSPS) is 11.8. The van der Waals surface area contributed by atoms with Gasteiger partial charge < -0.3 is 15.3 Å². The second kappa shape index (κ2) is 4.95. The van der Waals surface area contributed by atoms with Crippen molar-refractivity contribution in [2.75, 3.05) is 0 Å². The van der Waals surface area contributed by atoms with Gasteiger partial charge in [0.05, 0.1) is 6.42 Å². The Balaban J connectivity index is 3.95. The van der Waals surface area contributed by atoms with Gasteiger partial charge in [0.1, 0.15) is 0 Å². The molecule has 0 aliphatic heterocycles. The minimum atomic E-state index is -1.45. The Labute approximate surface area is 68.3 Å². The van der Waals surface area contributed by atoms with Crippen LogP contribution >= 0.6 is 0 Å². The summed E-state index contributed by atoms with van der Waals surface area (Å²) in [6.45, 7) is 0. The van der Waals surface area contributed by atoms with Crippen molar-refractivity contribution in [1.29, 1.82) is 0 Å². The molecule has 0 radical (unpaired) electrons. The Morgan fingerprint density at radius 2 is 1.75 bits per heavy atom. The molecule has 0 saturated carbocycles. The van der Waals surface area contributed by atoms with E-state index in [2.05, 4.69) is 0 Å². The van der Waals surface area contributed by atoms with E-state index in [1.54, 1.807) is 0 Å². The highest BCUT2D eigenvalue weighted by Gasteiger charge is 1.99. The summed E-state index contributed by atoms with van der Waals surface area (Å²) in [6.07, 6.45) is 3.09. The predicted octanol–water partition coefficient (Wildman–Crippen LogP) is 0.544. The third-order valence-corrected chi connectivity index (χ3v) is 0.902. The highest BCUT2D eigenvalue weighted by Crippen LogP contribution is 1.90. The molecule has 0 rings (SSSR count). The van der Waals surface area contributed by atoms with Crippen LogP contribution in [0.5, 0.6) is 0 Å². The molecule has 0 fully saturated rings. The number of hydrogen-bond donors (Lipinski definition) is 3. The van der Waals surface area contributed by atoms with Crippen molar-refractivity contribution in [3.8, 4) is 0 Å². The number of carbonyl (C=O) groups is 2. The SMILES string of the molecule is O=C(O)CC=CC=C(O)C(=O)O. The van der Waals surface area contributed by atoms with Gasteiger partial charge in [0, 0.05) is 0 Å². The van der Waals surface area contributed by atoms with Crippen LogP contribution in [-0.2, 0) is 9.59 Å². The van der Waals surface area contributed by atoms with Crippen molar-refractivity contribution < 1.29 is 24.9 Å². The third kappa shape index (κ3) is 5.04. The lowest BCUT2D eigenvalue weighted by molar-refractivity contribution is -0.136. The second-order valence-corrected chi connectivity index (χ2v) is 1.88. The van der Waals surface area contributed by atoms with Crippen LogP contribution < -0.4 is 0 Å². The quantitative estimate of drug-likeness (QED) is 0.327. The molecule has 0 heterocycles. The van der Waals surface area contributed by atoms with Crippen LogP contribution in [0.1, 0.15) is 6.42 Å². The summed E-state index contributed by atoms with van der Waals surface area (Å²) < 4.78 is 0. The lowest BCUT2D eigenvalue weighted by atomic mass is 10.3. The molecule has 5 heteroatoms. The fraction of sp³-hybridized carbons (Fsp3) is 0.143. The van der Waals surface area contributed by atoms with E-state index in [-0.39, 0.29) is 6.42 Å². The first-order chi connectivity index (χ1) is 5.54. The lowest BCUT2D eigenvalue weighted by Gasteiger charge is -1.86. The van der Waals surface area contributed by atoms with E-state index in [0.717, 1.165) is 12.2 Å². The highest BCUT2D eigenvalue weighted by molar-refractivity contribution is 5.84. The standard InChI is InChI=1S/C7H8O5/c8-5(7(11)12)3-1-2-4-6(9)10/h1-3,8H,4H2,(H,9,10)(H,11,12). The Hall–Kier alpha value is -1.78. The number of hydrogen-bond acceptors (Lipinski definition) is 3. The molecule has 0 saturated heterocycles. The highest BCUT2D eigenvalue weighted by atomic mass is 16.4. The summed E-state index contributed by atoms with van der Waals surface area (Å²) in [5, 5.41) is 24.8. The van der Waals surface area contributed by atoms with Gasteiger partial charge in [-0.3, -0.25) is 4.79 Å². The number of aliphatic hydroxyl groups excluding tert-OH is 1. The Morgan fingerprint density at radius 3 is 2.17 bits per heavy atom. The first-order valence-electron chi connectivity index (χ1n) is 3.05. The molecular formula is C7H8O5. The third-order valence-electron chi connectivity index (χ3n) is 0.902. The number of rotatable bonds is 4. The zero-order chi connectivity index (χ0) is 9.56. The molecule has 0 spiro atoms. The fourth-order valence-electron chi connectivity index (χ4n) is 0.399. The van der Waals surface area contributed by atoms with E-state index < -0.39 is 17.7 Å². The summed E-state index contributed by atoms with van der Waals surface area (Å²) in [5.74, 6) is -3.29. The maximum atomic E-state index is 9.96. The van der Waals surface area contributed by atoms with Crippen LogP contribution in [0.2, 0.25) is 0 Å². The molecule has 0 aliphatic carbocycles. The van der Waals surface area contributed by atoms with Gasteiger partial charge >= 0.3 is 11.9 Å². The topological polar surface area (TPSA) is 94.8 Å². The zero-order valence-electron chi connectivity index (χ0n) is 6.10. The van der Waals surface area contributed by atoms with Crippen molar-refractivity contribution in [3.05, 3.63) is 24.0 Å². The number of carboxylic acids is 2. The summed E-state index contributed by atoms with van der Waals surface area (Å²) in [6, 6.07) is 0. The van der Waals surface area contributed by atoms with E-state index in [1.165, 1.54) is 6.08 Å². The Bertz CT molecular complexity index is 238. The van der Waals surface area contributed by atoms with E-state index in [9.17, 15) is 9.59 Å². The van der Waals surface area contributed by atoms with Crippen molar-refractivity contribution in [2.45, 2.75) is 6.42 Å². The van der Waals surface area contributed by atoms with E-state index in [0.29, 0.717) is 0 Å². The van der Waals surface area contributed by atoms with Gasteiger partial charge in [0.25, 0.3) is 0 Å². The van der Waals surface area contributed by atoms with Gasteiger partial charge in [-0.25, -0.2) is 4.79 Å². The molecule has 0 aromatic rings.